The summed E-state index contributed by atoms with van der Waals surface area (Å²) < 4.78 is 1.14. The van der Waals surface area contributed by atoms with E-state index < -0.39 is 15.8 Å². The predicted octanol–water partition coefficient (Wildman–Crippen LogP) is 9.59. The van der Waals surface area contributed by atoms with Crippen molar-refractivity contribution in [1.82, 2.24) is 0 Å². The second-order valence-corrected chi connectivity index (χ2v) is 16.8. The molecule has 0 atom stereocenters. The summed E-state index contributed by atoms with van der Waals surface area (Å²) in [6, 6.07) is 79.1. The molecule has 248 valence electrons. The van der Waals surface area contributed by atoms with Gasteiger partial charge in [-0.3, -0.25) is 0 Å². The van der Waals surface area contributed by atoms with E-state index in [0.29, 0.717) is 0 Å². The molecule has 4 heteroatoms. The fraction of sp³-hybridized carbons (Fsp3) is 0. The zero-order valence-electron chi connectivity index (χ0n) is 27.5. The molecule has 50 heavy (non-hydrogen) atoms. The minimum absolute atomic E-state index is 0.446. The van der Waals surface area contributed by atoms with E-state index in [1.807, 2.05) is 24.3 Å². The van der Waals surface area contributed by atoms with Crippen molar-refractivity contribution in [2.75, 3.05) is 0 Å². The van der Waals surface area contributed by atoms with E-state index in [-0.39, 0.29) is 0 Å². The number of fused-ring (bicyclic) bond motifs is 1. The van der Waals surface area contributed by atoms with Crippen LogP contribution in [0.25, 0.3) is 10.8 Å². The molecule has 0 radical (unpaired) electrons. The Morgan fingerprint density at radius 3 is 0.840 bits per heavy atom. The molecule has 0 fully saturated rings. The summed E-state index contributed by atoms with van der Waals surface area (Å²) >= 11 is 1.10. The number of rotatable bonds is 7. The van der Waals surface area contributed by atoms with Gasteiger partial charge in [-0.1, -0.05) is 182 Å². The predicted molar refractivity (Wildman–Crippen MR) is 220 cm³/mol. The maximum atomic E-state index is 5.74. The smallest absolute Gasteiger partial charge is 0.0134 e. The molecule has 0 aliphatic rings. The third kappa shape index (κ3) is 9.67. The molecule has 0 N–H and O–H groups in total. The van der Waals surface area contributed by atoms with E-state index in [4.69, 9.17) is 10.2 Å². The summed E-state index contributed by atoms with van der Waals surface area (Å²) in [4.78, 5) is 0. The number of hydrogen-bond donors (Lipinski definition) is 0. The monoisotopic (exact) mass is 744 g/mol. The van der Waals surface area contributed by atoms with E-state index in [9.17, 15) is 0 Å². The second-order valence-electron chi connectivity index (χ2n) is 11.2. The van der Waals surface area contributed by atoms with Crippen molar-refractivity contribution in [3.05, 3.63) is 224 Å². The summed E-state index contributed by atoms with van der Waals surface area (Å²) in [5.41, 5.74) is 0. The maximum Gasteiger partial charge on any atom is -0.0134 e. The van der Waals surface area contributed by atoms with Crippen LogP contribution in [0.1, 0.15) is 0 Å². The summed E-state index contributed by atoms with van der Waals surface area (Å²) in [6.45, 7) is 0. The van der Waals surface area contributed by atoms with Crippen LogP contribution in [0.3, 0.4) is 0 Å². The number of benzene rings is 8. The average molecular weight is 746 g/mol. The molecule has 8 aromatic carbocycles. The number of hydrogen-bond acceptors (Lipinski definition) is 0. The van der Waals surface area contributed by atoms with Gasteiger partial charge in [-0.05, 0) is 47.7 Å². The normalized spacial score (nSPS) is 10.6. The third-order valence-electron chi connectivity index (χ3n) is 7.86. The van der Waals surface area contributed by atoms with Gasteiger partial charge in [0.05, 0.1) is 0 Å². The van der Waals surface area contributed by atoms with Gasteiger partial charge in [0.2, 0.25) is 0 Å². The maximum absolute atomic E-state index is 5.74. The SMILES string of the molecule is [Cl][Ni][c]1cccc2ccccc12.c1ccc(P(c2ccccc2)c2ccccc2)cc1.c1ccc(P(c2ccccc2)c2ccccc2)cc1. The van der Waals surface area contributed by atoms with Gasteiger partial charge < -0.3 is 0 Å². The van der Waals surface area contributed by atoms with E-state index in [1.54, 1.807) is 0 Å². The van der Waals surface area contributed by atoms with Crippen molar-refractivity contribution in [2.24, 2.45) is 0 Å². The van der Waals surface area contributed by atoms with E-state index >= 15 is 0 Å². The molecule has 0 amide bonds. The van der Waals surface area contributed by atoms with Gasteiger partial charge >= 0.3 is 81.5 Å². The Morgan fingerprint density at radius 1 is 0.280 bits per heavy atom. The Labute approximate surface area is 309 Å². The van der Waals surface area contributed by atoms with Crippen molar-refractivity contribution in [3.63, 3.8) is 0 Å². The zero-order valence-corrected chi connectivity index (χ0v) is 31.0. The quantitative estimate of drug-likeness (QED) is 0.113. The topological polar surface area (TPSA) is 0 Å². The molecule has 0 saturated heterocycles. The van der Waals surface area contributed by atoms with Gasteiger partial charge in [0, 0.05) is 0 Å². The molecule has 0 nitrogen and oxygen atoms in total. The number of halogens is 1. The molecular weight excluding hydrogens is 709 g/mol. The van der Waals surface area contributed by atoms with Crippen molar-refractivity contribution in [3.8, 4) is 0 Å². The Balaban J connectivity index is 0.000000133. The molecule has 0 aromatic heterocycles. The summed E-state index contributed by atoms with van der Waals surface area (Å²) in [6.07, 6.45) is 0. The minimum Gasteiger partial charge on any atom is -0.0622 e. The molecule has 0 aliphatic heterocycles. The molecule has 8 aromatic rings. The Kier molecular flexibility index (Phi) is 13.6. The van der Waals surface area contributed by atoms with Crippen molar-refractivity contribution >= 4 is 73.2 Å². The molecule has 0 bridgehead atoms. The van der Waals surface area contributed by atoms with Gasteiger partial charge in [0.1, 0.15) is 0 Å². The molecule has 0 saturated carbocycles. The Hall–Kier alpha value is -4.34. The van der Waals surface area contributed by atoms with Crippen LogP contribution in [0.5, 0.6) is 0 Å². The second kappa shape index (κ2) is 19.2. The Morgan fingerprint density at radius 2 is 0.540 bits per heavy atom. The Bertz CT molecular complexity index is 1820. The molecule has 0 spiro atoms. The van der Waals surface area contributed by atoms with E-state index in [2.05, 4.69) is 200 Å². The van der Waals surface area contributed by atoms with Crippen molar-refractivity contribution in [2.45, 2.75) is 0 Å². The van der Waals surface area contributed by atoms with Gasteiger partial charge in [-0.25, -0.2) is 0 Å². The van der Waals surface area contributed by atoms with Crippen LogP contribution in [-0.2, 0) is 13.5 Å². The molecular formula is C46H37ClNiP2. The molecule has 0 heterocycles. The summed E-state index contributed by atoms with van der Waals surface area (Å²) in [7, 11) is 4.85. The van der Waals surface area contributed by atoms with Crippen LogP contribution in [0.15, 0.2) is 224 Å². The summed E-state index contributed by atoms with van der Waals surface area (Å²) in [5, 5.41) is 10.9. The van der Waals surface area contributed by atoms with Crippen LogP contribution in [0.4, 0.5) is 0 Å². The summed E-state index contributed by atoms with van der Waals surface area (Å²) in [5.74, 6) is 0. The van der Waals surface area contributed by atoms with Crippen LogP contribution in [0.2, 0.25) is 0 Å². The molecule has 8 rings (SSSR count). The minimum atomic E-state index is -0.446. The van der Waals surface area contributed by atoms with Crippen LogP contribution in [-0.4, -0.2) is 0 Å². The van der Waals surface area contributed by atoms with Gasteiger partial charge in [-0.15, -0.1) is 0 Å². The molecule has 0 aliphatic carbocycles. The first-order valence-electron chi connectivity index (χ1n) is 16.4. The molecule has 0 unspecified atom stereocenters. The fourth-order valence-electron chi connectivity index (χ4n) is 5.57. The third-order valence-corrected chi connectivity index (χ3v) is 13.9. The fourth-order valence-corrected chi connectivity index (χ4v) is 11.1. The standard InChI is InChI=1S/2C18H15P.C10H7.ClH.Ni/c2*1-4-10-16(11-5-1)19(17-12-6-2-7-13-17)18-14-8-3-9-15-18;1-2-6-10-8-4-3-7-9(10)5-1;;/h2*1-15H;1-7H;1H;/q;;;;+1/p-1. The average Bonchev–Trinajstić information content (AvgIpc) is 3.21. The van der Waals surface area contributed by atoms with Crippen LogP contribution in [0, 0.1) is 0 Å². The zero-order chi connectivity index (χ0) is 34.2. The van der Waals surface area contributed by atoms with Gasteiger partial charge in [0.25, 0.3) is 0 Å². The first-order chi connectivity index (χ1) is 24.8. The van der Waals surface area contributed by atoms with Crippen molar-refractivity contribution in [1.29, 1.82) is 0 Å². The largest absolute Gasteiger partial charge is 0.0622 e. The van der Waals surface area contributed by atoms with Crippen molar-refractivity contribution < 1.29 is 13.5 Å². The van der Waals surface area contributed by atoms with E-state index in [0.717, 1.165) is 18.1 Å². The first kappa shape index (κ1) is 35.5. The van der Waals surface area contributed by atoms with E-state index in [1.165, 1.54) is 42.6 Å². The van der Waals surface area contributed by atoms with Crippen LogP contribution < -0.4 is 36.4 Å². The van der Waals surface area contributed by atoms with Gasteiger partial charge in [0.15, 0.2) is 0 Å². The van der Waals surface area contributed by atoms with Gasteiger partial charge in [-0.2, -0.15) is 0 Å². The first-order valence-corrected chi connectivity index (χ1v) is 20.9. The van der Waals surface area contributed by atoms with Crippen LogP contribution >= 0.6 is 26.0 Å².